The Kier molecular flexibility index (Phi) is 5.77. The van der Waals surface area contributed by atoms with Gasteiger partial charge in [-0.25, -0.2) is 0 Å². The van der Waals surface area contributed by atoms with Gasteiger partial charge in [0.05, 0.1) is 24.2 Å². The molecule has 0 heterocycles. The molecule has 1 saturated carbocycles. The molecule has 0 bridgehead atoms. The largest absolute Gasteiger partial charge is 0.490 e. The van der Waals surface area contributed by atoms with E-state index in [0.717, 1.165) is 36.3 Å². The minimum atomic E-state index is -0.0693. The molecule has 0 N–H and O–H groups in total. The number of ether oxygens (including phenoxy) is 3. The maximum Gasteiger partial charge on any atom is 0.161 e. The van der Waals surface area contributed by atoms with Crippen molar-refractivity contribution in [1.82, 2.24) is 0 Å². The SMILES string of the molecule is CCOc1ccc(C(Cl)CC2(OC)CCC2)cc1OCC. The Morgan fingerprint density at radius 1 is 1.14 bits per heavy atom. The van der Waals surface area contributed by atoms with Crippen molar-refractivity contribution in [2.75, 3.05) is 20.3 Å². The van der Waals surface area contributed by atoms with Gasteiger partial charge in [0, 0.05) is 7.11 Å². The topological polar surface area (TPSA) is 27.7 Å². The molecule has 1 unspecified atom stereocenters. The van der Waals surface area contributed by atoms with Crippen LogP contribution in [0.15, 0.2) is 18.2 Å². The fourth-order valence-corrected chi connectivity index (χ4v) is 3.19. The van der Waals surface area contributed by atoms with Crippen LogP contribution < -0.4 is 9.47 Å². The predicted molar refractivity (Wildman–Crippen MR) is 85.6 cm³/mol. The first-order valence-corrected chi connectivity index (χ1v) is 8.16. The molecule has 0 aromatic heterocycles. The summed E-state index contributed by atoms with van der Waals surface area (Å²) in [5, 5.41) is -0.0693. The highest BCUT2D eigenvalue weighted by Crippen LogP contribution is 2.44. The Labute approximate surface area is 132 Å². The van der Waals surface area contributed by atoms with Gasteiger partial charge in [-0.3, -0.25) is 0 Å². The van der Waals surface area contributed by atoms with Crippen LogP contribution in [0.1, 0.15) is 50.5 Å². The Morgan fingerprint density at radius 3 is 2.33 bits per heavy atom. The molecule has 0 amide bonds. The highest BCUT2D eigenvalue weighted by molar-refractivity contribution is 6.20. The summed E-state index contributed by atoms with van der Waals surface area (Å²) in [5.41, 5.74) is 1.03. The lowest BCUT2D eigenvalue weighted by molar-refractivity contribution is -0.0780. The number of hydrogen-bond acceptors (Lipinski definition) is 3. The van der Waals surface area contributed by atoms with Crippen LogP contribution in [0.4, 0.5) is 0 Å². The third kappa shape index (κ3) is 3.83. The van der Waals surface area contributed by atoms with Crippen molar-refractivity contribution in [2.24, 2.45) is 0 Å². The molecule has 0 saturated heterocycles. The van der Waals surface area contributed by atoms with E-state index in [2.05, 4.69) is 0 Å². The first-order chi connectivity index (χ1) is 10.1. The van der Waals surface area contributed by atoms with Crippen LogP contribution in [-0.2, 0) is 4.74 Å². The Bertz CT molecular complexity index is 452. The van der Waals surface area contributed by atoms with E-state index in [9.17, 15) is 0 Å². The Hall–Kier alpha value is -0.930. The smallest absolute Gasteiger partial charge is 0.161 e. The average Bonchev–Trinajstić information content (AvgIpc) is 2.45. The Balaban J connectivity index is 2.13. The van der Waals surface area contributed by atoms with Gasteiger partial charge in [-0.1, -0.05) is 6.07 Å². The number of methoxy groups -OCH3 is 1. The standard InChI is InChI=1S/C17H25ClO3/c1-4-20-15-8-7-13(11-16(15)21-5-2)14(18)12-17(19-3)9-6-10-17/h7-8,11,14H,4-6,9-10,12H2,1-3H3. The van der Waals surface area contributed by atoms with Gasteiger partial charge >= 0.3 is 0 Å². The maximum atomic E-state index is 6.61. The molecule has 1 aromatic rings. The molecule has 0 aliphatic heterocycles. The van der Waals surface area contributed by atoms with Gasteiger partial charge in [-0.2, -0.15) is 0 Å². The molecule has 3 nitrogen and oxygen atoms in total. The summed E-state index contributed by atoms with van der Waals surface area (Å²) in [5.74, 6) is 1.54. The zero-order valence-corrected chi connectivity index (χ0v) is 13.9. The van der Waals surface area contributed by atoms with E-state index < -0.39 is 0 Å². The van der Waals surface area contributed by atoms with Crippen molar-refractivity contribution < 1.29 is 14.2 Å². The zero-order chi connectivity index (χ0) is 15.3. The second-order valence-corrected chi connectivity index (χ2v) is 6.01. The van der Waals surface area contributed by atoms with Crippen molar-refractivity contribution >= 4 is 11.6 Å². The van der Waals surface area contributed by atoms with E-state index in [1.807, 2.05) is 32.0 Å². The lowest BCUT2D eigenvalue weighted by Crippen LogP contribution is -2.39. The molecule has 1 aromatic carbocycles. The molecule has 0 spiro atoms. The van der Waals surface area contributed by atoms with Crippen LogP contribution in [0.3, 0.4) is 0 Å². The summed E-state index contributed by atoms with van der Waals surface area (Å²) in [7, 11) is 1.78. The van der Waals surface area contributed by atoms with Crippen molar-refractivity contribution in [3.05, 3.63) is 23.8 Å². The zero-order valence-electron chi connectivity index (χ0n) is 13.2. The molecular formula is C17H25ClO3. The van der Waals surface area contributed by atoms with E-state index in [1.54, 1.807) is 7.11 Å². The predicted octanol–water partition coefficient (Wildman–Crippen LogP) is 4.72. The molecule has 1 fully saturated rings. The quantitative estimate of drug-likeness (QED) is 0.650. The number of halogens is 1. The van der Waals surface area contributed by atoms with Crippen LogP contribution in [0.25, 0.3) is 0 Å². The van der Waals surface area contributed by atoms with E-state index >= 15 is 0 Å². The highest BCUT2D eigenvalue weighted by atomic mass is 35.5. The van der Waals surface area contributed by atoms with Gasteiger partial charge in [0.1, 0.15) is 0 Å². The third-order valence-electron chi connectivity index (χ3n) is 4.18. The first kappa shape index (κ1) is 16.4. The summed E-state index contributed by atoms with van der Waals surface area (Å²) in [6.07, 6.45) is 4.26. The molecule has 21 heavy (non-hydrogen) atoms. The van der Waals surface area contributed by atoms with Gasteiger partial charge in [-0.05, 0) is 57.2 Å². The van der Waals surface area contributed by atoms with Gasteiger partial charge < -0.3 is 14.2 Å². The second kappa shape index (κ2) is 7.37. The lowest BCUT2D eigenvalue weighted by atomic mass is 9.76. The lowest BCUT2D eigenvalue weighted by Gasteiger charge is -2.41. The minimum Gasteiger partial charge on any atom is -0.490 e. The summed E-state index contributed by atoms with van der Waals surface area (Å²) >= 11 is 6.61. The van der Waals surface area contributed by atoms with Crippen molar-refractivity contribution in [1.29, 1.82) is 0 Å². The van der Waals surface area contributed by atoms with Crippen LogP contribution in [-0.4, -0.2) is 25.9 Å². The van der Waals surface area contributed by atoms with E-state index in [0.29, 0.717) is 13.2 Å². The summed E-state index contributed by atoms with van der Waals surface area (Å²) in [6.45, 7) is 5.16. The van der Waals surface area contributed by atoms with Crippen molar-refractivity contribution in [3.63, 3.8) is 0 Å². The summed E-state index contributed by atoms with van der Waals surface area (Å²) < 4.78 is 16.9. The fraction of sp³-hybridized carbons (Fsp3) is 0.647. The first-order valence-electron chi connectivity index (χ1n) is 7.73. The van der Waals surface area contributed by atoms with Crippen LogP contribution in [0.2, 0.25) is 0 Å². The number of rotatable bonds is 8. The number of alkyl halides is 1. The molecule has 1 atom stereocenters. The molecule has 1 aliphatic rings. The summed E-state index contributed by atoms with van der Waals surface area (Å²) in [4.78, 5) is 0. The van der Waals surface area contributed by atoms with Crippen molar-refractivity contribution in [3.8, 4) is 11.5 Å². The van der Waals surface area contributed by atoms with Crippen LogP contribution in [0, 0.1) is 0 Å². The van der Waals surface area contributed by atoms with Gasteiger partial charge in [0.2, 0.25) is 0 Å². The maximum absolute atomic E-state index is 6.61. The highest BCUT2D eigenvalue weighted by Gasteiger charge is 2.39. The van der Waals surface area contributed by atoms with Gasteiger partial charge in [0.15, 0.2) is 11.5 Å². The van der Waals surface area contributed by atoms with E-state index in [-0.39, 0.29) is 11.0 Å². The summed E-state index contributed by atoms with van der Waals surface area (Å²) in [6, 6.07) is 5.96. The van der Waals surface area contributed by atoms with Crippen molar-refractivity contribution in [2.45, 2.75) is 50.5 Å². The van der Waals surface area contributed by atoms with Crippen LogP contribution in [0.5, 0.6) is 11.5 Å². The van der Waals surface area contributed by atoms with E-state index in [1.165, 1.54) is 6.42 Å². The minimum absolute atomic E-state index is 0.0310. The second-order valence-electron chi connectivity index (χ2n) is 5.48. The molecule has 1 aliphatic carbocycles. The number of benzene rings is 1. The van der Waals surface area contributed by atoms with Crippen LogP contribution >= 0.6 is 11.6 Å². The van der Waals surface area contributed by atoms with Gasteiger partial charge in [0.25, 0.3) is 0 Å². The molecule has 4 heteroatoms. The fourth-order valence-electron chi connectivity index (χ4n) is 2.77. The monoisotopic (exact) mass is 312 g/mol. The van der Waals surface area contributed by atoms with Gasteiger partial charge in [-0.15, -0.1) is 11.6 Å². The molecule has 0 radical (unpaired) electrons. The number of hydrogen-bond donors (Lipinski definition) is 0. The normalized spacial score (nSPS) is 17.9. The van der Waals surface area contributed by atoms with E-state index in [4.69, 9.17) is 25.8 Å². The molecule has 118 valence electrons. The Morgan fingerprint density at radius 2 is 1.81 bits per heavy atom. The third-order valence-corrected chi connectivity index (χ3v) is 4.58. The average molecular weight is 313 g/mol. The molecule has 2 rings (SSSR count). The molecular weight excluding hydrogens is 288 g/mol.